The van der Waals surface area contributed by atoms with Gasteiger partial charge < -0.3 is 4.42 Å². The Morgan fingerprint density at radius 3 is 1.92 bits per heavy atom. The highest BCUT2D eigenvalue weighted by atomic mass is 16.3. The first kappa shape index (κ1) is 26.5. The van der Waals surface area contributed by atoms with Crippen molar-refractivity contribution in [3.63, 3.8) is 0 Å². The summed E-state index contributed by atoms with van der Waals surface area (Å²) in [5.41, 5.74) is 7.65. The van der Waals surface area contributed by atoms with Crippen molar-refractivity contribution in [2.45, 2.75) is 0 Å². The first-order valence-corrected chi connectivity index (χ1v) is 15.9. The van der Waals surface area contributed by atoms with Gasteiger partial charge in [0.05, 0.1) is 17.2 Å². The van der Waals surface area contributed by atoms with E-state index in [2.05, 4.69) is 131 Å². The van der Waals surface area contributed by atoms with Crippen molar-refractivity contribution in [1.29, 1.82) is 0 Å². The van der Waals surface area contributed by atoms with E-state index in [1.807, 2.05) is 18.2 Å². The van der Waals surface area contributed by atoms with Gasteiger partial charge in [-0.2, -0.15) is 9.97 Å². The summed E-state index contributed by atoms with van der Waals surface area (Å²) in [5.74, 6) is 1.71. The molecule has 0 aliphatic heterocycles. The Hall–Kier alpha value is -6.66. The summed E-state index contributed by atoms with van der Waals surface area (Å²) in [6, 6.07) is 48.2. The molecule has 0 N–H and O–H groups in total. The van der Waals surface area contributed by atoms with Gasteiger partial charge in [-0.1, -0.05) is 115 Å². The Morgan fingerprint density at radius 2 is 1.10 bits per heavy atom. The van der Waals surface area contributed by atoms with E-state index in [-0.39, 0.29) is 0 Å². The molecule has 0 spiro atoms. The van der Waals surface area contributed by atoms with Gasteiger partial charge in [0, 0.05) is 38.9 Å². The summed E-state index contributed by atoms with van der Waals surface area (Å²) in [6.07, 6.45) is 3.53. The predicted molar refractivity (Wildman–Crippen MR) is 193 cm³/mol. The van der Waals surface area contributed by atoms with E-state index < -0.39 is 0 Å². The Bertz CT molecular complexity index is 2790. The molecule has 10 rings (SSSR count). The Labute approximate surface area is 274 Å². The molecule has 4 aromatic heterocycles. The first-order chi connectivity index (χ1) is 23.8. The summed E-state index contributed by atoms with van der Waals surface area (Å²) in [4.78, 5) is 19.8. The van der Waals surface area contributed by atoms with Crippen LogP contribution in [0.5, 0.6) is 0 Å². The van der Waals surface area contributed by atoms with E-state index in [0.29, 0.717) is 17.6 Å². The molecule has 0 bridgehead atoms. The van der Waals surface area contributed by atoms with Gasteiger partial charge >= 0.3 is 0 Å². The molecule has 224 valence electrons. The summed E-state index contributed by atoms with van der Waals surface area (Å²) < 4.78 is 8.33. The van der Waals surface area contributed by atoms with Crippen LogP contribution in [0.4, 0.5) is 0 Å². The van der Waals surface area contributed by atoms with Crippen molar-refractivity contribution in [3.8, 4) is 39.9 Å². The Balaban J connectivity index is 1.22. The summed E-state index contributed by atoms with van der Waals surface area (Å²) in [6.45, 7) is 0. The smallest absolute Gasteiger partial charge is 0.238 e. The average molecular weight is 616 g/mol. The molecule has 0 atom stereocenters. The lowest BCUT2D eigenvalue weighted by Crippen LogP contribution is -2.06. The van der Waals surface area contributed by atoms with E-state index in [9.17, 15) is 0 Å². The SMILES string of the molecule is c1ccc2c(-c3ccc(-c4nc(-c5cccc6oc7cnccc7c56)nc(-n5c6ccccc6c6ccccc65)n4)cc3)cccc2c1. The largest absolute Gasteiger partial charge is 0.454 e. The van der Waals surface area contributed by atoms with Gasteiger partial charge in [-0.3, -0.25) is 9.55 Å². The highest BCUT2D eigenvalue weighted by Crippen LogP contribution is 2.37. The minimum atomic E-state index is 0.553. The second-order valence-electron chi connectivity index (χ2n) is 11.9. The molecule has 0 saturated carbocycles. The second kappa shape index (κ2) is 10.4. The lowest BCUT2D eigenvalue weighted by molar-refractivity contribution is 0.667. The van der Waals surface area contributed by atoms with E-state index in [0.717, 1.165) is 60.4 Å². The molecule has 0 amide bonds. The molecular weight excluding hydrogens is 590 g/mol. The summed E-state index contributed by atoms with van der Waals surface area (Å²) in [7, 11) is 0. The van der Waals surface area contributed by atoms with Crippen molar-refractivity contribution in [2.24, 2.45) is 0 Å². The lowest BCUT2D eigenvalue weighted by Gasteiger charge is -2.12. The number of furan rings is 1. The molecule has 0 unspecified atom stereocenters. The van der Waals surface area contributed by atoms with Crippen LogP contribution in [0.3, 0.4) is 0 Å². The number of nitrogens with zero attached hydrogens (tertiary/aromatic N) is 5. The maximum absolute atomic E-state index is 6.19. The molecule has 0 aliphatic rings. The fourth-order valence-corrected chi connectivity index (χ4v) is 6.99. The zero-order chi connectivity index (χ0) is 31.6. The van der Waals surface area contributed by atoms with E-state index in [1.54, 1.807) is 12.4 Å². The molecule has 0 radical (unpaired) electrons. The number of fused-ring (bicyclic) bond motifs is 7. The highest BCUT2D eigenvalue weighted by Gasteiger charge is 2.20. The molecule has 0 aliphatic carbocycles. The minimum absolute atomic E-state index is 0.553. The summed E-state index contributed by atoms with van der Waals surface area (Å²) in [5, 5.41) is 6.65. The van der Waals surface area contributed by atoms with Crippen LogP contribution < -0.4 is 0 Å². The zero-order valence-electron chi connectivity index (χ0n) is 25.6. The normalized spacial score (nSPS) is 11.8. The van der Waals surface area contributed by atoms with Gasteiger partial charge in [-0.25, -0.2) is 4.98 Å². The highest BCUT2D eigenvalue weighted by molar-refractivity contribution is 6.12. The Morgan fingerprint density at radius 1 is 0.458 bits per heavy atom. The number of pyridine rings is 1. The number of hydrogen-bond acceptors (Lipinski definition) is 5. The average Bonchev–Trinajstić information content (AvgIpc) is 3.71. The van der Waals surface area contributed by atoms with Gasteiger partial charge in [0.15, 0.2) is 17.2 Å². The van der Waals surface area contributed by atoms with Gasteiger partial charge in [-0.05, 0) is 46.2 Å². The first-order valence-electron chi connectivity index (χ1n) is 15.9. The molecule has 6 heteroatoms. The van der Waals surface area contributed by atoms with E-state index >= 15 is 0 Å². The summed E-state index contributed by atoms with van der Waals surface area (Å²) >= 11 is 0. The van der Waals surface area contributed by atoms with Gasteiger partial charge in [0.25, 0.3) is 0 Å². The second-order valence-corrected chi connectivity index (χ2v) is 11.9. The third-order valence-electron chi connectivity index (χ3n) is 9.19. The maximum Gasteiger partial charge on any atom is 0.238 e. The van der Waals surface area contributed by atoms with Crippen molar-refractivity contribution < 1.29 is 4.42 Å². The molecule has 0 saturated heterocycles. The van der Waals surface area contributed by atoms with Crippen LogP contribution in [0.2, 0.25) is 0 Å². The topological polar surface area (TPSA) is 69.6 Å². The van der Waals surface area contributed by atoms with Crippen LogP contribution in [0.1, 0.15) is 0 Å². The molecule has 48 heavy (non-hydrogen) atoms. The van der Waals surface area contributed by atoms with Crippen molar-refractivity contribution >= 4 is 54.5 Å². The van der Waals surface area contributed by atoms with Crippen molar-refractivity contribution in [3.05, 3.63) is 152 Å². The Kier molecular flexibility index (Phi) is 5.77. The maximum atomic E-state index is 6.19. The number of benzene rings is 6. The monoisotopic (exact) mass is 615 g/mol. The van der Waals surface area contributed by atoms with Gasteiger partial charge in [0.2, 0.25) is 5.95 Å². The molecule has 0 fully saturated rings. The number of rotatable bonds is 4. The molecule has 6 aromatic carbocycles. The quantitative estimate of drug-likeness (QED) is 0.197. The number of aromatic nitrogens is 5. The fraction of sp³-hybridized carbons (Fsp3) is 0. The van der Waals surface area contributed by atoms with Crippen LogP contribution in [0.15, 0.2) is 156 Å². The number of hydrogen-bond donors (Lipinski definition) is 0. The van der Waals surface area contributed by atoms with E-state index in [1.165, 1.54) is 16.3 Å². The molecular formula is C42H25N5O. The minimum Gasteiger partial charge on any atom is -0.454 e. The van der Waals surface area contributed by atoms with Gasteiger partial charge in [-0.15, -0.1) is 0 Å². The van der Waals surface area contributed by atoms with Crippen LogP contribution in [-0.2, 0) is 0 Å². The third-order valence-corrected chi connectivity index (χ3v) is 9.19. The molecule has 10 aromatic rings. The third kappa shape index (κ3) is 4.06. The number of para-hydroxylation sites is 2. The predicted octanol–water partition coefficient (Wildman–Crippen LogP) is 10.4. The van der Waals surface area contributed by atoms with Crippen LogP contribution >= 0.6 is 0 Å². The van der Waals surface area contributed by atoms with Crippen LogP contribution in [-0.4, -0.2) is 24.5 Å². The molecule has 6 nitrogen and oxygen atoms in total. The van der Waals surface area contributed by atoms with Crippen molar-refractivity contribution in [2.75, 3.05) is 0 Å². The van der Waals surface area contributed by atoms with Crippen LogP contribution in [0, 0.1) is 0 Å². The van der Waals surface area contributed by atoms with E-state index in [4.69, 9.17) is 19.4 Å². The zero-order valence-corrected chi connectivity index (χ0v) is 25.6. The lowest BCUT2D eigenvalue weighted by atomic mass is 9.97. The molecule has 4 heterocycles. The standard InChI is InChI=1S/C42H25N5O/c1-2-11-29-26(9-1)10-7-14-30(29)27-19-21-28(22-20-27)40-44-41(34-15-8-18-37-39(34)33-23-24-43-25-38(33)48-37)46-42(45-40)47-35-16-5-3-12-31(35)32-13-4-6-17-36(32)47/h1-25H. The van der Waals surface area contributed by atoms with Crippen molar-refractivity contribution in [1.82, 2.24) is 24.5 Å². The van der Waals surface area contributed by atoms with Gasteiger partial charge in [0.1, 0.15) is 5.58 Å². The fourth-order valence-electron chi connectivity index (χ4n) is 6.99. The van der Waals surface area contributed by atoms with Crippen LogP contribution in [0.25, 0.3) is 94.4 Å².